The number of amides is 3. The van der Waals surface area contributed by atoms with Crippen molar-refractivity contribution in [3.8, 4) is 0 Å². The van der Waals surface area contributed by atoms with E-state index in [2.05, 4.69) is 5.32 Å². The Morgan fingerprint density at radius 3 is 2.57 bits per heavy atom. The largest absolute Gasteiger partial charge is 0.480 e. The minimum atomic E-state index is -0.980. The van der Waals surface area contributed by atoms with E-state index in [0.29, 0.717) is 19.5 Å². The quantitative estimate of drug-likeness (QED) is 0.784. The van der Waals surface area contributed by atoms with E-state index in [1.165, 1.54) is 16.8 Å². The molecule has 0 aliphatic carbocycles. The SMILES string of the molecule is CCCN(CC(=O)NC)C(=O)N1CCCC(C)C1C(=O)O. The highest BCUT2D eigenvalue weighted by Gasteiger charge is 2.38. The monoisotopic (exact) mass is 299 g/mol. The maximum atomic E-state index is 12.6. The molecule has 21 heavy (non-hydrogen) atoms. The van der Waals surface area contributed by atoms with Gasteiger partial charge in [0.2, 0.25) is 5.91 Å². The Kier molecular flexibility index (Phi) is 6.45. The molecule has 2 atom stereocenters. The molecule has 0 saturated carbocycles. The molecule has 1 heterocycles. The van der Waals surface area contributed by atoms with Crippen molar-refractivity contribution < 1.29 is 19.5 Å². The van der Waals surface area contributed by atoms with Crippen molar-refractivity contribution in [1.29, 1.82) is 0 Å². The number of likely N-dealkylation sites (N-methyl/N-ethyl adjacent to an activating group) is 1. The molecule has 1 aliphatic rings. The number of urea groups is 1. The summed E-state index contributed by atoms with van der Waals surface area (Å²) in [6.07, 6.45) is 2.30. The number of hydrogen-bond acceptors (Lipinski definition) is 3. The first kappa shape index (κ1) is 17.3. The molecule has 1 rings (SSSR count). The van der Waals surface area contributed by atoms with E-state index in [9.17, 15) is 19.5 Å². The van der Waals surface area contributed by atoms with Crippen LogP contribution in [-0.4, -0.2) is 65.5 Å². The lowest BCUT2D eigenvalue weighted by Gasteiger charge is -2.39. The Morgan fingerprint density at radius 2 is 2.05 bits per heavy atom. The third-order valence-corrected chi connectivity index (χ3v) is 3.81. The van der Waals surface area contributed by atoms with E-state index in [4.69, 9.17) is 0 Å². The van der Waals surface area contributed by atoms with Crippen LogP contribution in [0.15, 0.2) is 0 Å². The van der Waals surface area contributed by atoms with Crippen LogP contribution in [0, 0.1) is 5.92 Å². The van der Waals surface area contributed by atoms with Crippen molar-refractivity contribution in [3.05, 3.63) is 0 Å². The third kappa shape index (κ3) is 4.34. The van der Waals surface area contributed by atoms with Crippen LogP contribution >= 0.6 is 0 Å². The number of aliphatic carboxylic acids is 1. The molecule has 0 aromatic carbocycles. The Hall–Kier alpha value is -1.79. The third-order valence-electron chi connectivity index (χ3n) is 3.81. The topological polar surface area (TPSA) is 90.0 Å². The first-order chi connectivity index (χ1) is 9.92. The van der Waals surface area contributed by atoms with Crippen LogP contribution in [0.25, 0.3) is 0 Å². The number of carboxylic acids is 1. The average Bonchev–Trinajstić information content (AvgIpc) is 2.45. The van der Waals surface area contributed by atoms with E-state index in [0.717, 1.165) is 12.8 Å². The average molecular weight is 299 g/mol. The second-order valence-electron chi connectivity index (χ2n) is 5.47. The summed E-state index contributed by atoms with van der Waals surface area (Å²) in [7, 11) is 1.51. The summed E-state index contributed by atoms with van der Waals surface area (Å²) in [5, 5.41) is 11.9. The molecule has 2 unspecified atom stereocenters. The van der Waals surface area contributed by atoms with Crippen molar-refractivity contribution >= 4 is 17.9 Å². The van der Waals surface area contributed by atoms with Crippen molar-refractivity contribution in [2.24, 2.45) is 5.92 Å². The van der Waals surface area contributed by atoms with Gasteiger partial charge in [0.1, 0.15) is 12.6 Å². The first-order valence-electron chi connectivity index (χ1n) is 7.41. The lowest BCUT2D eigenvalue weighted by molar-refractivity contribution is -0.145. The van der Waals surface area contributed by atoms with Crippen molar-refractivity contribution in [2.75, 3.05) is 26.7 Å². The minimum absolute atomic E-state index is 0.0413. The standard InChI is InChI=1S/C14H25N3O4/c1-4-7-16(9-11(18)15-3)14(21)17-8-5-6-10(2)12(17)13(19)20/h10,12H,4-9H2,1-3H3,(H,15,18)(H,19,20). The second kappa shape index (κ2) is 7.85. The van der Waals surface area contributed by atoms with Gasteiger partial charge in [-0.15, -0.1) is 0 Å². The van der Waals surface area contributed by atoms with Gasteiger partial charge >= 0.3 is 12.0 Å². The minimum Gasteiger partial charge on any atom is -0.480 e. The van der Waals surface area contributed by atoms with Gasteiger partial charge in [-0.2, -0.15) is 0 Å². The zero-order valence-corrected chi connectivity index (χ0v) is 13.0. The highest BCUT2D eigenvalue weighted by molar-refractivity contribution is 5.87. The number of carbonyl (C=O) groups excluding carboxylic acids is 2. The lowest BCUT2D eigenvalue weighted by Crippen LogP contribution is -2.57. The predicted molar refractivity (Wildman–Crippen MR) is 77.9 cm³/mol. The van der Waals surface area contributed by atoms with Gasteiger partial charge in [-0.3, -0.25) is 4.79 Å². The zero-order valence-electron chi connectivity index (χ0n) is 13.0. The van der Waals surface area contributed by atoms with Crippen LogP contribution < -0.4 is 5.32 Å². The maximum Gasteiger partial charge on any atom is 0.326 e. The summed E-state index contributed by atoms with van der Waals surface area (Å²) in [5.74, 6) is -1.32. The van der Waals surface area contributed by atoms with E-state index in [-0.39, 0.29) is 24.4 Å². The fourth-order valence-corrected chi connectivity index (χ4v) is 2.73. The van der Waals surface area contributed by atoms with Gasteiger partial charge in [0.05, 0.1) is 0 Å². The van der Waals surface area contributed by atoms with Crippen LogP contribution in [0.4, 0.5) is 4.79 Å². The molecule has 2 N–H and O–H groups in total. The summed E-state index contributed by atoms with van der Waals surface area (Å²) in [6, 6.07) is -1.17. The summed E-state index contributed by atoms with van der Waals surface area (Å²) in [6.45, 7) is 4.58. The van der Waals surface area contributed by atoms with Gasteiger partial charge in [-0.25, -0.2) is 9.59 Å². The van der Waals surface area contributed by atoms with Crippen molar-refractivity contribution in [3.63, 3.8) is 0 Å². The number of piperidine rings is 1. The molecule has 1 saturated heterocycles. The summed E-state index contributed by atoms with van der Waals surface area (Å²) in [4.78, 5) is 38.4. The van der Waals surface area contributed by atoms with Gasteiger partial charge in [0.25, 0.3) is 0 Å². The molecule has 0 radical (unpaired) electrons. The number of nitrogens with zero attached hydrogens (tertiary/aromatic N) is 2. The second-order valence-corrected chi connectivity index (χ2v) is 5.47. The molecule has 7 heteroatoms. The van der Waals surface area contributed by atoms with E-state index in [1.54, 1.807) is 0 Å². The number of nitrogens with one attached hydrogen (secondary N) is 1. The predicted octanol–water partition coefficient (Wildman–Crippen LogP) is 0.750. The Balaban J connectivity index is 2.89. The zero-order chi connectivity index (χ0) is 16.0. The number of hydrogen-bond donors (Lipinski definition) is 2. The van der Waals surface area contributed by atoms with Gasteiger partial charge in [-0.1, -0.05) is 13.8 Å². The first-order valence-corrected chi connectivity index (χ1v) is 7.41. The normalized spacial score (nSPS) is 21.8. The van der Waals surface area contributed by atoms with E-state index >= 15 is 0 Å². The van der Waals surface area contributed by atoms with Crippen LogP contribution in [-0.2, 0) is 9.59 Å². The molecule has 7 nitrogen and oxygen atoms in total. The number of carboxylic acid groups (broad SMARTS) is 1. The Labute approximate surface area is 125 Å². The molecule has 0 bridgehead atoms. The van der Waals surface area contributed by atoms with Gasteiger partial charge in [0, 0.05) is 20.1 Å². The Morgan fingerprint density at radius 1 is 1.38 bits per heavy atom. The summed E-state index contributed by atoms with van der Waals surface area (Å²) >= 11 is 0. The molecule has 0 aromatic heterocycles. The molecule has 1 fully saturated rings. The van der Waals surface area contributed by atoms with Gasteiger partial charge in [-0.05, 0) is 25.2 Å². The van der Waals surface area contributed by atoms with Gasteiger partial charge in [0.15, 0.2) is 0 Å². The van der Waals surface area contributed by atoms with E-state index < -0.39 is 12.0 Å². The number of carbonyl (C=O) groups is 3. The smallest absolute Gasteiger partial charge is 0.326 e. The van der Waals surface area contributed by atoms with E-state index in [1.807, 2.05) is 13.8 Å². The van der Waals surface area contributed by atoms with Crippen molar-refractivity contribution in [1.82, 2.24) is 15.1 Å². The molecule has 1 aliphatic heterocycles. The highest BCUT2D eigenvalue weighted by Crippen LogP contribution is 2.24. The molecule has 0 spiro atoms. The van der Waals surface area contributed by atoms with Crippen LogP contribution in [0.1, 0.15) is 33.1 Å². The molecule has 3 amide bonds. The fraction of sp³-hybridized carbons (Fsp3) is 0.786. The number of likely N-dealkylation sites (tertiary alicyclic amines) is 1. The molecule has 0 aromatic rings. The Bertz CT molecular complexity index is 400. The highest BCUT2D eigenvalue weighted by atomic mass is 16.4. The molecular weight excluding hydrogens is 274 g/mol. The summed E-state index contributed by atoms with van der Waals surface area (Å²) in [5.41, 5.74) is 0. The molecule has 120 valence electrons. The van der Waals surface area contributed by atoms with Crippen LogP contribution in [0.3, 0.4) is 0 Å². The van der Waals surface area contributed by atoms with Crippen molar-refractivity contribution in [2.45, 2.75) is 39.2 Å². The van der Waals surface area contributed by atoms with Gasteiger partial charge < -0.3 is 20.2 Å². The van der Waals surface area contributed by atoms with Crippen LogP contribution in [0.2, 0.25) is 0 Å². The molecular formula is C14H25N3O4. The maximum absolute atomic E-state index is 12.6. The fourth-order valence-electron chi connectivity index (χ4n) is 2.73. The van der Waals surface area contributed by atoms with Crippen LogP contribution in [0.5, 0.6) is 0 Å². The summed E-state index contributed by atoms with van der Waals surface area (Å²) < 4.78 is 0. The number of rotatable bonds is 5. The lowest BCUT2D eigenvalue weighted by atomic mass is 9.91.